The van der Waals surface area contributed by atoms with Gasteiger partial charge in [0.15, 0.2) is 0 Å². The van der Waals surface area contributed by atoms with Crippen molar-refractivity contribution < 1.29 is 9.59 Å². The number of aryl methyl sites for hydroxylation is 2. The fraction of sp³-hybridized carbons (Fsp3) is 0.471. The number of amides is 2. The summed E-state index contributed by atoms with van der Waals surface area (Å²) in [5, 5.41) is 10.4. The van der Waals surface area contributed by atoms with Crippen LogP contribution in [0.1, 0.15) is 27.4 Å². The molecule has 0 aromatic carbocycles. The molecule has 2 aromatic rings. The molecular formula is C17H23N5O2S. The average molecular weight is 361 g/mol. The highest BCUT2D eigenvalue weighted by atomic mass is 32.1. The first-order chi connectivity index (χ1) is 11.9. The minimum Gasteiger partial charge on any atom is -0.357 e. The lowest BCUT2D eigenvalue weighted by atomic mass is 9.86. The van der Waals surface area contributed by atoms with Gasteiger partial charge in [-0.25, -0.2) is 0 Å². The van der Waals surface area contributed by atoms with Gasteiger partial charge in [0, 0.05) is 44.3 Å². The maximum absolute atomic E-state index is 12.6. The van der Waals surface area contributed by atoms with Crippen molar-refractivity contribution in [2.45, 2.75) is 25.3 Å². The molecule has 3 heterocycles. The molecule has 2 amide bonds. The number of nitrogens with zero attached hydrogens (tertiary/aromatic N) is 3. The number of piperidine rings is 1. The van der Waals surface area contributed by atoms with Crippen LogP contribution < -0.4 is 10.6 Å². The van der Waals surface area contributed by atoms with Crippen molar-refractivity contribution in [1.29, 1.82) is 0 Å². The molecule has 3 rings (SSSR count). The second-order valence-corrected chi connectivity index (χ2v) is 7.65. The third kappa shape index (κ3) is 3.53. The first kappa shape index (κ1) is 17.5. The number of hydrogen-bond donors (Lipinski definition) is 2. The Morgan fingerprint density at radius 1 is 1.24 bits per heavy atom. The Labute approximate surface area is 151 Å². The van der Waals surface area contributed by atoms with E-state index in [1.54, 1.807) is 11.7 Å². The zero-order chi connectivity index (χ0) is 18.0. The average Bonchev–Trinajstić information content (AvgIpc) is 3.22. The molecule has 1 saturated heterocycles. The molecule has 0 bridgehead atoms. The molecule has 7 nitrogen and oxygen atoms in total. The van der Waals surface area contributed by atoms with E-state index in [4.69, 9.17) is 0 Å². The number of hydrogen-bond acceptors (Lipinski definition) is 5. The number of likely N-dealkylation sites (N-methyl/N-ethyl adjacent to an activating group) is 1. The third-order valence-electron chi connectivity index (χ3n) is 4.60. The molecule has 2 N–H and O–H groups in total. The highest BCUT2D eigenvalue weighted by molar-refractivity contribution is 7.13. The van der Waals surface area contributed by atoms with Crippen molar-refractivity contribution in [3.63, 3.8) is 0 Å². The number of anilines is 1. The Hall–Kier alpha value is -2.35. The number of carbonyl (C=O) groups excluding carboxylic acids is 2. The first-order valence-electron chi connectivity index (χ1n) is 8.29. The summed E-state index contributed by atoms with van der Waals surface area (Å²) in [5.41, 5.74) is -0.745. The van der Waals surface area contributed by atoms with Crippen LogP contribution in [0.25, 0.3) is 0 Å². The lowest BCUT2D eigenvalue weighted by Crippen LogP contribution is -2.58. The van der Waals surface area contributed by atoms with Crippen LogP contribution in [-0.2, 0) is 11.8 Å². The van der Waals surface area contributed by atoms with E-state index in [1.165, 1.54) is 11.3 Å². The van der Waals surface area contributed by atoms with Crippen LogP contribution >= 0.6 is 11.3 Å². The predicted molar refractivity (Wildman–Crippen MR) is 97.8 cm³/mol. The topological polar surface area (TPSA) is 79.3 Å². The van der Waals surface area contributed by atoms with Gasteiger partial charge in [-0.3, -0.25) is 14.3 Å². The summed E-state index contributed by atoms with van der Waals surface area (Å²) in [5.74, 6) is 0.637. The third-order valence-corrected chi connectivity index (χ3v) is 5.59. The predicted octanol–water partition coefficient (Wildman–Crippen LogP) is 1.62. The summed E-state index contributed by atoms with van der Waals surface area (Å²) in [7, 11) is 3.47. The monoisotopic (exact) mass is 361 g/mol. The standard InChI is InChI=1S/C17H23N5O2S/c1-12-4-5-13(25-12)15(23)22-10-7-17(8-11-22,16(24)18-2)19-14-6-9-21(3)20-14/h4-6,9H,7-8,10-11H2,1-3H3,(H,18,24)(H,19,20). The minimum atomic E-state index is -0.745. The molecule has 1 fully saturated rings. The van der Waals surface area contributed by atoms with E-state index < -0.39 is 5.54 Å². The maximum atomic E-state index is 12.6. The summed E-state index contributed by atoms with van der Waals surface area (Å²) in [6.45, 7) is 3.05. The summed E-state index contributed by atoms with van der Waals surface area (Å²) < 4.78 is 1.69. The van der Waals surface area contributed by atoms with Crippen LogP contribution in [0, 0.1) is 6.92 Å². The van der Waals surface area contributed by atoms with Crippen molar-refractivity contribution in [1.82, 2.24) is 20.0 Å². The fourth-order valence-electron chi connectivity index (χ4n) is 3.17. The Balaban J connectivity index is 1.73. The molecule has 134 valence electrons. The molecule has 1 aliphatic heterocycles. The number of likely N-dealkylation sites (tertiary alicyclic amines) is 1. The molecule has 0 unspecified atom stereocenters. The van der Waals surface area contributed by atoms with Crippen LogP contribution in [0.3, 0.4) is 0 Å². The zero-order valence-corrected chi connectivity index (χ0v) is 15.5. The van der Waals surface area contributed by atoms with Crippen LogP contribution in [0.15, 0.2) is 24.4 Å². The van der Waals surface area contributed by atoms with E-state index in [-0.39, 0.29) is 11.8 Å². The largest absolute Gasteiger partial charge is 0.357 e. The number of rotatable bonds is 4. The van der Waals surface area contributed by atoms with Crippen molar-refractivity contribution in [2.24, 2.45) is 7.05 Å². The molecule has 25 heavy (non-hydrogen) atoms. The molecule has 2 aromatic heterocycles. The lowest BCUT2D eigenvalue weighted by Gasteiger charge is -2.40. The van der Waals surface area contributed by atoms with Gasteiger partial charge in [-0.2, -0.15) is 5.10 Å². The number of nitrogens with one attached hydrogen (secondary N) is 2. The van der Waals surface area contributed by atoms with Crippen molar-refractivity contribution in [3.8, 4) is 0 Å². The molecule has 0 aliphatic carbocycles. The summed E-state index contributed by atoms with van der Waals surface area (Å²) >= 11 is 1.51. The molecule has 0 radical (unpaired) electrons. The quantitative estimate of drug-likeness (QED) is 0.867. The molecule has 8 heteroatoms. The van der Waals surface area contributed by atoms with E-state index in [0.29, 0.717) is 31.7 Å². The second kappa shape index (κ2) is 6.87. The molecule has 0 atom stereocenters. The van der Waals surface area contributed by atoms with Gasteiger partial charge >= 0.3 is 0 Å². The van der Waals surface area contributed by atoms with Crippen molar-refractivity contribution >= 4 is 29.0 Å². The number of aromatic nitrogens is 2. The normalized spacial score (nSPS) is 16.5. The zero-order valence-electron chi connectivity index (χ0n) is 14.7. The van der Waals surface area contributed by atoms with Crippen LogP contribution in [0.4, 0.5) is 5.82 Å². The SMILES string of the molecule is CNC(=O)C1(Nc2ccn(C)n2)CCN(C(=O)c2ccc(C)s2)CC1. The molecule has 0 saturated carbocycles. The molecule has 0 spiro atoms. The van der Waals surface area contributed by atoms with Crippen LogP contribution in [0.2, 0.25) is 0 Å². The smallest absolute Gasteiger partial charge is 0.263 e. The van der Waals surface area contributed by atoms with Crippen LogP contribution in [-0.4, -0.2) is 52.2 Å². The van der Waals surface area contributed by atoms with Gasteiger partial charge in [0.1, 0.15) is 11.4 Å². The van der Waals surface area contributed by atoms with Gasteiger partial charge in [0.05, 0.1) is 4.88 Å². The van der Waals surface area contributed by atoms with E-state index in [0.717, 1.165) is 9.75 Å². The second-order valence-electron chi connectivity index (χ2n) is 6.36. The maximum Gasteiger partial charge on any atom is 0.263 e. The summed E-state index contributed by atoms with van der Waals surface area (Å²) in [4.78, 5) is 28.9. The van der Waals surface area contributed by atoms with E-state index in [2.05, 4.69) is 15.7 Å². The van der Waals surface area contributed by atoms with Crippen molar-refractivity contribution in [2.75, 3.05) is 25.5 Å². The molecule has 1 aliphatic rings. The number of carbonyl (C=O) groups is 2. The Kier molecular flexibility index (Phi) is 4.80. The Bertz CT molecular complexity index is 774. The minimum absolute atomic E-state index is 0.0430. The van der Waals surface area contributed by atoms with E-state index in [9.17, 15) is 9.59 Å². The molecular weight excluding hydrogens is 338 g/mol. The van der Waals surface area contributed by atoms with Gasteiger partial charge in [0.2, 0.25) is 5.91 Å². The van der Waals surface area contributed by atoms with Gasteiger partial charge in [-0.05, 0) is 31.9 Å². The first-order valence-corrected chi connectivity index (χ1v) is 9.11. The van der Waals surface area contributed by atoms with Crippen molar-refractivity contribution in [3.05, 3.63) is 34.2 Å². The Morgan fingerprint density at radius 2 is 1.96 bits per heavy atom. The highest BCUT2D eigenvalue weighted by Crippen LogP contribution is 2.28. The summed E-state index contributed by atoms with van der Waals surface area (Å²) in [6.07, 6.45) is 2.91. The Morgan fingerprint density at radius 3 is 2.48 bits per heavy atom. The highest BCUT2D eigenvalue weighted by Gasteiger charge is 2.42. The summed E-state index contributed by atoms with van der Waals surface area (Å²) in [6, 6.07) is 5.67. The van der Waals surface area contributed by atoms with E-state index in [1.807, 2.05) is 43.3 Å². The van der Waals surface area contributed by atoms with Gasteiger partial charge in [0.25, 0.3) is 5.91 Å². The van der Waals surface area contributed by atoms with Crippen LogP contribution in [0.5, 0.6) is 0 Å². The fourth-order valence-corrected chi connectivity index (χ4v) is 4.01. The van der Waals surface area contributed by atoms with E-state index >= 15 is 0 Å². The van der Waals surface area contributed by atoms with Gasteiger partial charge < -0.3 is 15.5 Å². The number of thiophene rings is 1. The van der Waals surface area contributed by atoms with Gasteiger partial charge in [-0.15, -0.1) is 11.3 Å². The van der Waals surface area contributed by atoms with Gasteiger partial charge in [-0.1, -0.05) is 0 Å². The lowest BCUT2D eigenvalue weighted by molar-refractivity contribution is -0.126.